The molecule has 0 unspecified atom stereocenters. The molecule has 0 saturated carbocycles. The van der Waals surface area contributed by atoms with Gasteiger partial charge in [-0.15, -0.1) is 6.42 Å². The predicted octanol–water partition coefficient (Wildman–Crippen LogP) is 2.95. The number of rotatable bonds is 2. The van der Waals surface area contributed by atoms with Crippen LogP contribution in [0.3, 0.4) is 0 Å². The zero-order valence-corrected chi connectivity index (χ0v) is 7.97. The Morgan fingerprint density at radius 2 is 2.25 bits per heavy atom. The van der Waals surface area contributed by atoms with E-state index in [4.69, 9.17) is 0 Å². The smallest absolute Gasteiger partial charge is 0 e. The van der Waals surface area contributed by atoms with Crippen LogP contribution in [0.15, 0.2) is 41.5 Å². The second-order valence-electron chi connectivity index (χ2n) is 2.94. The van der Waals surface area contributed by atoms with Crippen LogP contribution in [0.5, 0.6) is 0 Å². The molecule has 0 nitrogen and oxygen atoms in total. The van der Waals surface area contributed by atoms with Crippen LogP contribution in [0.25, 0.3) is 0 Å². The van der Waals surface area contributed by atoms with Gasteiger partial charge in [0, 0.05) is 17.1 Å². The fraction of sp³-hybridized carbons (Fsp3) is 0.273. The fourth-order valence-electron chi connectivity index (χ4n) is 1.44. The predicted molar refractivity (Wildman–Crippen MR) is 47.0 cm³/mol. The Morgan fingerprint density at radius 1 is 1.33 bits per heavy atom. The number of hydrogen-bond donors (Lipinski definition) is 0. The van der Waals surface area contributed by atoms with Gasteiger partial charge in [-0.3, -0.25) is 6.08 Å². The molecule has 12 heavy (non-hydrogen) atoms. The van der Waals surface area contributed by atoms with Crippen LogP contribution < -0.4 is 0 Å². The Kier molecular flexibility index (Phi) is 3.58. The maximum Gasteiger partial charge on any atom is 0 e. The Balaban J connectivity index is 0.000000720. The molecular formula is C11H11Fe-. The van der Waals surface area contributed by atoms with E-state index in [1.165, 1.54) is 11.1 Å². The molecule has 0 fully saturated rings. The van der Waals surface area contributed by atoms with Crippen molar-refractivity contribution in [3.63, 3.8) is 0 Å². The van der Waals surface area contributed by atoms with Crippen molar-refractivity contribution in [1.29, 1.82) is 0 Å². The van der Waals surface area contributed by atoms with E-state index in [1.54, 1.807) is 0 Å². The second-order valence-corrected chi connectivity index (χ2v) is 2.94. The van der Waals surface area contributed by atoms with Crippen LogP contribution in [0.4, 0.5) is 0 Å². The van der Waals surface area contributed by atoms with Crippen LogP contribution >= 0.6 is 0 Å². The summed E-state index contributed by atoms with van der Waals surface area (Å²) in [5.41, 5.74) is 2.87. The zero-order chi connectivity index (χ0) is 7.52. The monoisotopic (exact) mass is 199 g/mol. The molecule has 0 saturated heterocycles. The summed E-state index contributed by atoms with van der Waals surface area (Å²) in [7, 11) is 0. The minimum Gasteiger partial charge on any atom is -0.269 e. The van der Waals surface area contributed by atoms with Gasteiger partial charge in [-0.05, 0) is 12.8 Å². The minimum atomic E-state index is 0. The van der Waals surface area contributed by atoms with Gasteiger partial charge in [-0.25, -0.2) is 11.6 Å². The molecule has 2 rings (SSSR count). The van der Waals surface area contributed by atoms with Gasteiger partial charge in [0.25, 0.3) is 0 Å². The van der Waals surface area contributed by atoms with Gasteiger partial charge in [0.05, 0.1) is 0 Å². The van der Waals surface area contributed by atoms with E-state index in [9.17, 15) is 0 Å². The van der Waals surface area contributed by atoms with Crippen molar-refractivity contribution in [2.75, 3.05) is 0 Å². The van der Waals surface area contributed by atoms with E-state index in [0.717, 1.165) is 19.3 Å². The van der Waals surface area contributed by atoms with Crippen molar-refractivity contribution in [3.8, 4) is 0 Å². The molecule has 0 N–H and O–H groups in total. The van der Waals surface area contributed by atoms with Crippen molar-refractivity contribution in [2.45, 2.75) is 19.3 Å². The van der Waals surface area contributed by atoms with Crippen molar-refractivity contribution >= 4 is 0 Å². The quantitative estimate of drug-likeness (QED) is 0.473. The molecule has 0 aromatic rings. The van der Waals surface area contributed by atoms with Crippen molar-refractivity contribution in [2.24, 2.45) is 0 Å². The molecule has 0 aromatic heterocycles. The first-order valence-electron chi connectivity index (χ1n) is 4.06. The molecule has 1 heteroatoms. The van der Waals surface area contributed by atoms with Crippen LogP contribution in [-0.4, -0.2) is 0 Å². The molecule has 0 aliphatic heterocycles. The van der Waals surface area contributed by atoms with E-state index in [0.29, 0.717) is 0 Å². The summed E-state index contributed by atoms with van der Waals surface area (Å²) in [6, 6.07) is 0. The molecule has 0 heterocycles. The van der Waals surface area contributed by atoms with E-state index >= 15 is 0 Å². The van der Waals surface area contributed by atoms with Crippen molar-refractivity contribution < 1.29 is 17.1 Å². The average Bonchev–Trinajstić information content (AvgIpc) is 2.60. The fourth-order valence-corrected chi connectivity index (χ4v) is 1.44. The maximum atomic E-state index is 3.32. The first-order chi connectivity index (χ1) is 5.45. The Labute approximate surface area is 84.2 Å². The molecule has 0 bridgehead atoms. The third-order valence-electron chi connectivity index (χ3n) is 2.03. The largest absolute Gasteiger partial charge is 0.269 e. The SMILES string of the molecule is [C-]1=C(CC2=CC=CC2)C=CC1.[Fe]. The van der Waals surface area contributed by atoms with Crippen molar-refractivity contribution in [1.82, 2.24) is 0 Å². The maximum absolute atomic E-state index is 3.32. The van der Waals surface area contributed by atoms with Crippen LogP contribution in [0.2, 0.25) is 0 Å². The second kappa shape index (κ2) is 4.49. The number of hydrogen-bond acceptors (Lipinski definition) is 0. The molecule has 2 aliphatic rings. The molecule has 0 spiro atoms. The topological polar surface area (TPSA) is 0 Å². The zero-order valence-electron chi connectivity index (χ0n) is 6.86. The molecule has 2 aliphatic carbocycles. The summed E-state index contributed by atoms with van der Waals surface area (Å²) in [5, 5.41) is 0. The van der Waals surface area contributed by atoms with E-state index in [2.05, 4.69) is 36.5 Å². The van der Waals surface area contributed by atoms with Crippen LogP contribution in [0, 0.1) is 6.08 Å². The summed E-state index contributed by atoms with van der Waals surface area (Å²) in [6.07, 6.45) is 17.5. The Morgan fingerprint density at radius 3 is 2.83 bits per heavy atom. The van der Waals surface area contributed by atoms with Gasteiger partial charge in [-0.2, -0.15) is 6.08 Å². The third-order valence-corrected chi connectivity index (χ3v) is 2.03. The van der Waals surface area contributed by atoms with E-state index in [1.807, 2.05) is 0 Å². The first kappa shape index (κ1) is 9.57. The normalized spacial score (nSPS) is 19.0. The van der Waals surface area contributed by atoms with Crippen molar-refractivity contribution in [3.05, 3.63) is 47.6 Å². The Hall–Kier alpha value is -0.521. The molecule has 64 valence electrons. The van der Waals surface area contributed by atoms with Crippen LogP contribution in [0.1, 0.15) is 19.3 Å². The van der Waals surface area contributed by atoms with Gasteiger partial charge in [0.2, 0.25) is 0 Å². The standard InChI is InChI=1S/C11H11.Fe/c1-2-6-10(5-1)9-11-7-3-4-8-11;/h1-3,5,7H,4,6,9H2;/q-1;. The summed E-state index contributed by atoms with van der Waals surface area (Å²) >= 11 is 0. The molecule has 0 radical (unpaired) electrons. The molecule has 0 amide bonds. The van der Waals surface area contributed by atoms with Crippen LogP contribution in [-0.2, 0) is 17.1 Å². The van der Waals surface area contributed by atoms with Gasteiger partial charge >= 0.3 is 0 Å². The third kappa shape index (κ3) is 2.23. The minimum absolute atomic E-state index is 0. The molecular weight excluding hydrogens is 188 g/mol. The van der Waals surface area contributed by atoms with E-state index < -0.39 is 0 Å². The summed E-state index contributed by atoms with van der Waals surface area (Å²) < 4.78 is 0. The summed E-state index contributed by atoms with van der Waals surface area (Å²) in [6.45, 7) is 0. The Bertz CT molecular complexity index is 267. The van der Waals surface area contributed by atoms with Gasteiger partial charge in [-0.1, -0.05) is 23.8 Å². The van der Waals surface area contributed by atoms with Gasteiger partial charge < -0.3 is 0 Å². The summed E-state index contributed by atoms with van der Waals surface area (Å²) in [4.78, 5) is 0. The van der Waals surface area contributed by atoms with Gasteiger partial charge in [0.1, 0.15) is 0 Å². The molecule has 0 aromatic carbocycles. The van der Waals surface area contributed by atoms with E-state index in [-0.39, 0.29) is 17.1 Å². The van der Waals surface area contributed by atoms with Gasteiger partial charge in [0.15, 0.2) is 0 Å². The molecule has 0 atom stereocenters. The summed E-state index contributed by atoms with van der Waals surface area (Å²) in [5.74, 6) is 0. The average molecular weight is 199 g/mol. The first-order valence-corrected chi connectivity index (χ1v) is 4.06. The number of allylic oxidation sites excluding steroid dienone is 8.